The van der Waals surface area contributed by atoms with Gasteiger partial charge in [-0.25, -0.2) is 4.79 Å². The van der Waals surface area contributed by atoms with E-state index >= 15 is 0 Å². The highest BCUT2D eigenvalue weighted by Gasteiger charge is 2.51. The molecule has 32 heavy (non-hydrogen) atoms. The molecule has 0 saturated carbocycles. The normalized spacial score (nSPS) is 27.7. The highest BCUT2D eigenvalue weighted by molar-refractivity contribution is 5.90. The molecule has 4 heterocycles. The van der Waals surface area contributed by atoms with Crippen LogP contribution in [0.1, 0.15) is 34.9 Å². The Morgan fingerprint density at radius 2 is 2.00 bits per heavy atom. The van der Waals surface area contributed by atoms with Crippen LogP contribution in [0.5, 0.6) is 5.75 Å². The molecule has 5 atom stereocenters. The van der Waals surface area contributed by atoms with Crippen LogP contribution in [0, 0.1) is 17.0 Å². The van der Waals surface area contributed by atoms with Crippen molar-refractivity contribution in [3.8, 4) is 5.75 Å². The van der Waals surface area contributed by atoms with Crippen LogP contribution in [0.25, 0.3) is 10.9 Å². The second kappa shape index (κ2) is 8.04. The van der Waals surface area contributed by atoms with Gasteiger partial charge in [0.2, 0.25) is 0 Å². The van der Waals surface area contributed by atoms with Crippen molar-refractivity contribution in [3.05, 3.63) is 89.8 Å². The van der Waals surface area contributed by atoms with E-state index in [0.717, 1.165) is 22.9 Å². The number of phenolic OH excluding ortho intramolecular Hbond substituents is 1. The van der Waals surface area contributed by atoms with Crippen molar-refractivity contribution in [2.75, 3.05) is 13.1 Å². The Labute approximate surface area is 186 Å². The molecule has 0 amide bonds. The summed E-state index contributed by atoms with van der Waals surface area (Å²) in [5, 5.41) is 24.4. The summed E-state index contributed by atoms with van der Waals surface area (Å²) < 4.78 is 5.73. The zero-order valence-electron chi connectivity index (χ0n) is 17.8. The third-order valence-electron chi connectivity index (χ3n) is 7.13. The summed E-state index contributed by atoms with van der Waals surface area (Å²) in [5.41, 5.74) is 1.94. The number of phenols is 1. The van der Waals surface area contributed by atoms with E-state index in [-0.39, 0.29) is 16.3 Å². The van der Waals surface area contributed by atoms with Gasteiger partial charge in [0.15, 0.2) is 6.10 Å². The molecule has 0 radical (unpaired) electrons. The molecule has 6 rings (SSSR count). The van der Waals surface area contributed by atoms with Gasteiger partial charge < -0.3 is 19.7 Å². The number of fused-ring (bicyclic) bond motifs is 4. The molecule has 6 nitrogen and oxygen atoms in total. The van der Waals surface area contributed by atoms with Crippen molar-refractivity contribution >= 4 is 16.9 Å². The predicted molar refractivity (Wildman–Crippen MR) is 122 cm³/mol. The SMILES string of the molecule is C=C[C@H]1C[N@+]2([O-])CC[C@H]1C[C@@H]2C(OC(=O)c1ccc(O)cc1)c1ccnc2ccccc12. The first-order valence-corrected chi connectivity index (χ1v) is 11.0. The average Bonchev–Trinajstić information content (AvgIpc) is 2.82. The second-order valence-corrected chi connectivity index (χ2v) is 8.90. The summed E-state index contributed by atoms with van der Waals surface area (Å²) in [6, 6.07) is 15.1. The molecule has 1 unspecified atom stereocenters. The minimum absolute atomic E-state index is 0.0773. The van der Waals surface area contributed by atoms with Crippen LogP contribution in [-0.2, 0) is 4.74 Å². The predicted octanol–water partition coefficient (Wildman–Crippen LogP) is 4.75. The van der Waals surface area contributed by atoms with E-state index in [1.165, 1.54) is 24.3 Å². The Balaban J connectivity index is 1.57. The molecule has 0 aliphatic carbocycles. The van der Waals surface area contributed by atoms with Crippen LogP contribution in [0.2, 0.25) is 0 Å². The fourth-order valence-corrected chi connectivity index (χ4v) is 5.43. The van der Waals surface area contributed by atoms with Crippen LogP contribution in [0.3, 0.4) is 0 Å². The zero-order valence-corrected chi connectivity index (χ0v) is 17.8. The lowest BCUT2D eigenvalue weighted by Gasteiger charge is -2.61. The van der Waals surface area contributed by atoms with Crippen molar-refractivity contribution in [2.45, 2.75) is 25.0 Å². The highest BCUT2D eigenvalue weighted by Crippen LogP contribution is 2.47. The Morgan fingerprint density at radius 1 is 1.22 bits per heavy atom. The van der Waals surface area contributed by atoms with Gasteiger partial charge in [0.05, 0.1) is 24.2 Å². The highest BCUT2D eigenvalue weighted by atomic mass is 16.6. The van der Waals surface area contributed by atoms with Gasteiger partial charge in [-0.05, 0) is 42.3 Å². The van der Waals surface area contributed by atoms with E-state index in [1.807, 2.05) is 36.4 Å². The number of aromatic nitrogens is 1. The molecule has 1 N–H and O–H groups in total. The number of hydrogen-bond donors (Lipinski definition) is 1. The number of carbonyl (C=O) groups is 1. The molecule has 6 heteroatoms. The van der Waals surface area contributed by atoms with Gasteiger partial charge >= 0.3 is 5.97 Å². The van der Waals surface area contributed by atoms with Crippen molar-refractivity contribution in [1.82, 2.24) is 4.98 Å². The Kier molecular flexibility index (Phi) is 5.19. The molecule has 2 bridgehead atoms. The van der Waals surface area contributed by atoms with Gasteiger partial charge in [-0.1, -0.05) is 24.3 Å². The summed E-state index contributed by atoms with van der Waals surface area (Å²) in [7, 11) is 0. The van der Waals surface area contributed by atoms with Gasteiger partial charge in [0.1, 0.15) is 11.8 Å². The number of aromatic hydroxyl groups is 1. The molecule has 3 aromatic rings. The molecule has 3 fully saturated rings. The van der Waals surface area contributed by atoms with Crippen LogP contribution >= 0.6 is 0 Å². The molecule has 1 aromatic heterocycles. The van der Waals surface area contributed by atoms with Crippen LogP contribution < -0.4 is 0 Å². The minimum Gasteiger partial charge on any atom is -0.632 e. The molecular weight excluding hydrogens is 404 g/mol. The third-order valence-corrected chi connectivity index (χ3v) is 7.13. The number of hydroxylamine groups is 3. The monoisotopic (exact) mass is 430 g/mol. The molecule has 0 spiro atoms. The molecule has 3 aliphatic heterocycles. The zero-order chi connectivity index (χ0) is 22.3. The number of esters is 1. The molecule has 3 saturated heterocycles. The molecular formula is C26H26N2O4. The van der Waals surface area contributed by atoms with Crippen molar-refractivity contribution < 1.29 is 19.3 Å². The number of piperidine rings is 3. The topological polar surface area (TPSA) is 82.5 Å². The minimum atomic E-state index is -0.699. The Bertz CT molecular complexity index is 1160. The lowest BCUT2D eigenvalue weighted by Crippen LogP contribution is -2.65. The quantitative estimate of drug-likeness (QED) is 0.273. The number of rotatable bonds is 5. The van der Waals surface area contributed by atoms with E-state index in [2.05, 4.69) is 11.6 Å². The number of pyridine rings is 1. The summed E-state index contributed by atoms with van der Waals surface area (Å²) in [6.45, 7) is 4.93. The van der Waals surface area contributed by atoms with E-state index in [9.17, 15) is 15.1 Å². The maximum Gasteiger partial charge on any atom is 0.338 e. The standard InChI is InChI=1S/C26H26N2O4/c1-2-17-16-28(31)14-12-19(17)15-24(28)25(32-26(30)18-7-9-20(29)10-8-18)22-11-13-27-23-6-4-3-5-21(22)23/h2-11,13,17,19,24-25,29H,1,12,14-16H2/t17-,19-,24+,25?,28+/m0/s1. The fraction of sp³-hybridized carbons (Fsp3) is 0.308. The summed E-state index contributed by atoms with van der Waals surface area (Å²) in [6.07, 6.45) is 4.47. The van der Waals surface area contributed by atoms with E-state index < -0.39 is 18.1 Å². The number of carbonyl (C=O) groups excluding carboxylic acids is 1. The number of quaternary nitrogens is 1. The van der Waals surface area contributed by atoms with Crippen LogP contribution in [0.4, 0.5) is 0 Å². The maximum absolute atomic E-state index is 14.0. The summed E-state index contributed by atoms with van der Waals surface area (Å²) >= 11 is 0. The van der Waals surface area contributed by atoms with Gasteiger partial charge in [-0.15, -0.1) is 6.58 Å². The van der Waals surface area contributed by atoms with Gasteiger partial charge in [0, 0.05) is 35.9 Å². The maximum atomic E-state index is 14.0. The molecule has 3 aliphatic rings. The second-order valence-electron chi connectivity index (χ2n) is 8.90. The largest absolute Gasteiger partial charge is 0.632 e. The lowest BCUT2D eigenvalue weighted by molar-refractivity contribution is -0.929. The smallest absolute Gasteiger partial charge is 0.338 e. The first-order valence-electron chi connectivity index (χ1n) is 11.0. The molecule has 2 aromatic carbocycles. The number of benzene rings is 2. The van der Waals surface area contributed by atoms with Crippen molar-refractivity contribution in [3.63, 3.8) is 0 Å². The molecule has 164 valence electrons. The first kappa shape index (κ1) is 20.7. The summed E-state index contributed by atoms with van der Waals surface area (Å²) in [4.78, 5) is 17.5. The van der Waals surface area contributed by atoms with E-state index in [0.29, 0.717) is 31.0 Å². The number of para-hydroxylation sites is 1. The number of hydrogen-bond acceptors (Lipinski definition) is 5. The first-order chi connectivity index (χ1) is 15.5. The Hall–Kier alpha value is -3.22. The Morgan fingerprint density at radius 3 is 2.75 bits per heavy atom. The number of ether oxygens (including phenoxy) is 1. The van der Waals surface area contributed by atoms with Gasteiger partial charge in [-0.2, -0.15) is 0 Å². The van der Waals surface area contributed by atoms with Crippen LogP contribution in [-0.4, -0.2) is 39.8 Å². The third kappa shape index (κ3) is 3.55. The average molecular weight is 431 g/mol. The van der Waals surface area contributed by atoms with E-state index in [4.69, 9.17) is 4.74 Å². The van der Waals surface area contributed by atoms with Gasteiger partial charge in [0.25, 0.3) is 0 Å². The number of nitrogens with zero attached hydrogens (tertiary/aromatic N) is 2. The lowest BCUT2D eigenvalue weighted by atomic mass is 9.73. The summed E-state index contributed by atoms with van der Waals surface area (Å²) in [5.74, 6) is 0.133. The van der Waals surface area contributed by atoms with Crippen LogP contribution in [0.15, 0.2) is 73.4 Å². The van der Waals surface area contributed by atoms with E-state index in [1.54, 1.807) is 6.20 Å². The fourth-order valence-electron chi connectivity index (χ4n) is 5.43. The van der Waals surface area contributed by atoms with Crippen molar-refractivity contribution in [2.24, 2.45) is 11.8 Å². The van der Waals surface area contributed by atoms with Crippen molar-refractivity contribution in [1.29, 1.82) is 0 Å². The van der Waals surface area contributed by atoms with Gasteiger partial charge in [-0.3, -0.25) is 4.98 Å².